The van der Waals surface area contributed by atoms with Gasteiger partial charge < -0.3 is 13.6 Å². The molecule has 0 atom stereocenters. The summed E-state index contributed by atoms with van der Waals surface area (Å²) >= 11 is 0. The Balaban J connectivity index is 1.12. The highest BCUT2D eigenvalue weighted by molar-refractivity contribution is 6.21. The second-order valence-electron chi connectivity index (χ2n) is 14.3. The molecule has 12 rings (SSSR count). The van der Waals surface area contributed by atoms with Gasteiger partial charge in [0.05, 0.1) is 27.8 Å². The molecule has 4 heterocycles. The zero-order valence-electron chi connectivity index (χ0n) is 30.0. The molecular formula is C50H31N5O. The third kappa shape index (κ3) is 4.44. The molecule has 0 aliphatic carbocycles. The number of rotatable bonds is 5. The third-order valence-corrected chi connectivity index (χ3v) is 11.2. The highest BCUT2D eigenvalue weighted by Gasteiger charge is 2.22. The van der Waals surface area contributed by atoms with E-state index in [0.29, 0.717) is 0 Å². The predicted molar refractivity (Wildman–Crippen MR) is 228 cm³/mol. The van der Waals surface area contributed by atoms with E-state index in [9.17, 15) is 0 Å². The van der Waals surface area contributed by atoms with Crippen LogP contribution in [0.1, 0.15) is 0 Å². The number of para-hydroxylation sites is 3. The van der Waals surface area contributed by atoms with Gasteiger partial charge in [-0.15, -0.1) is 10.2 Å². The van der Waals surface area contributed by atoms with Gasteiger partial charge in [0.2, 0.25) is 0 Å². The van der Waals surface area contributed by atoms with Crippen LogP contribution in [0.2, 0.25) is 0 Å². The van der Waals surface area contributed by atoms with Crippen LogP contribution in [0.15, 0.2) is 192 Å². The maximum atomic E-state index is 6.67. The molecule has 12 aromatic rings. The Labute approximate surface area is 320 Å². The lowest BCUT2D eigenvalue weighted by molar-refractivity contribution is 0.671. The number of aromatic nitrogens is 5. The summed E-state index contributed by atoms with van der Waals surface area (Å²) in [6.07, 6.45) is 0. The molecule has 56 heavy (non-hydrogen) atoms. The fourth-order valence-electron chi connectivity index (χ4n) is 8.72. The van der Waals surface area contributed by atoms with Crippen LogP contribution in [0.5, 0.6) is 0 Å². The molecule has 6 nitrogen and oxygen atoms in total. The third-order valence-electron chi connectivity index (χ3n) is 11.2. The van der Waals surface area contributed by atoms with Crippen LogP contribution >= 0.6 is 0 Å². The molecule has 0 aliphatic rings. The molecule has 4 aromatic heterocycles. The first-order valence-electron chi connectivity index (χ1n) is 18.8. The van der Waals surface area contributed by atoms with E-state index in [0.717, 1.165) is 89.2 Å². The Morgan fingerprint density at radius 2 is 0.857 bits per heavy atom. The van der Waals surface area contributed by atoms with Gasteiger partial charge >= 0.3 is 0 Å². The summed E-state index contributed by atoms with van der Waals surface area (Å²) in [7, 11) is 0. The molecular weight excluding hydrogens is 687 g/mol. The fourth-order valence-corrected chi connectivity index (χ4v) is 8.72. The Morgan fingerprint density at radius 3 is 1.57 bits per heavy atom. The van der Waals surface area contributed by atoms with Gasteiger partial charge in [0.1, 0.15) is 5.58 Å². The molecule has 0 aliphatic heterocycles. The van der Waals surface area contributed by atoms with Gasteiger partial charge in [0, 0.05) is 54.8 Å². The van der Waals surface area contributed by atoms with Crippen LogP contribution < -0.4 is 0 Å². The van der Waals surface area contributed by atoms with E-state index in [2.05, 4.69) is 159 Å². The SMILES string of the molecule is c1ccc(-c2nnc(-c3ccccc3)n2-c2ccc3c4ccccc4n(-c4cccc(-n5c6ccccc6c6ccc7c8ccccc8oc7c65)c4)c3c2)cc1. The van der Waals surface area contributed by atoms with Gasteiger partial charge in [-0.1, -0.05) is 133 Å². The van der Waals surface area contributed by atoms with Crippen molar-refractivity contribution in [3.8, 4) is 39.8 Å². The maximum absolute atomic E-state index is 6.67. The van der Waals surface area contributed by atoms with Crippen molar-refractivity contribution in [3.05, 3.63) is 188 Å². The molecule has 0 spiro atoms. The summed E-state index contributed by atoms with van der Waals surface area (Å²) in [5, 5.41) is 16.5. The van der Waals surface area contributed by atoms with Crippen molar-refractivity contribution in [1.82, 2.24) is 23.9 Å². The fraction of sp³-hybridized carbons (Fsp3) is 0. The summed E-state index contributed by atoms with van der Waals surface area (Å²) in [4.78, 5) is 0. The molecule has 262 valence electrons. The van der Waals surface area contributed by atoms with Gasteiger partial charge in [-0.25, -0.2) is 0 Å². The molecule has 0 unspecified atom stereocenters. The number of furan rings is 1. The maximum Gasteiger partial charge on any atom is 0.168 e. The van der Waals surface area contributed by atoms with Crippen LogP contribution in [-0.4, -0.2) is 23.9 Å². The molecule has 6 heteroatoms. The van der Waals surface area contributed by atoms with Gasteiger partial charge in [-0.2, -0.15) is 0 Å². The standard InChI is InChI=1S/C50H31N5O/c1-3-14-32(15-4-1)49-51-52-50(33-16-5-2-6-17-33)55(49)36-26-27-39-37-20-7-10-23-43(37)53(45(39)31-36)34-18-13-19-35(30-34)54-44-24-11-8-21-38(44)41-28-29-42-40-22-9-12-25-46(40)56-48(42)47(41)54/h1-31H. The number of benzene rings is 8. The van der Waals surface area contributed by atoms with E-state index < -0.39 is 0 Å². The van der Waals surface area contributed by atoms with E-state index in [1.54, 1.807) is 0 Å². The number of hydrogen-bond donors (Lipinski definition) is 0. The average molecular weight is 718 g/mol. The van der Waals surface area contributed by atoms with Crippen LogP contribution in [0, 0.1) is 0 Å². The molecule has 0 saturated heterocycles. The lowest BCUT2D eigenvalue weighted by Gasteiger charge is -2.14. The summed E-state index contributed by atoms with van der Waals surface area (Å²) < 4.78 is 13.6. The van der Waals surface area contributed by atoms with Crippen LogP contribution in [0.25, 0.3) is 105 Å². The average Bonchev–Trinajstić information content (AvgIpc) is 4.04. The normalized spacial score (nSPS) is 11.9. The predicted octanol–water partition coefficient (Wildman–Crippen LogP) is 12.7. The Hall–Kier alpha value is -7.70. The Bertz CT molecular complexity index is 3420. The van der Waals surface area contributed by atoms with Crippen LogP contribution in [0.4, 0.5) is 0 Å². The van der Waals surface area contributed by atoms with Crippen molar-refractivity contribution >= 4 is 65.6 Å². The van der Waals surface area contributed by atoms with E-state index in [1.165, 1.54) is 16.2 Å². The summed E-state index contributed by atoms with van der Waals surface area (Å²) in [5.41, 5.74) is 11.3. The van der Waals surface area contributed by atoms with Gasteiger partial charge in [-0.3, -0.25) is 4.57 Å². The van der Waals surface area contributed by atoms with E-state index in [1.807, 2.05) is 42.5 Å². The first-order valence-corrected chi connectivity index (χ1v) is 18.8. The minimum absolute atomic E-state index is 0.789. The number of nitrogens with zero attached hydrogens (tertiary/aromatic N) is 5. The largest absolute Gasteiger partial charge is 0.454 e. The Morgan fingerprint density at radius 1 is 0.339 bits per heavy atom. The van der Waals surface area contributed by atoms with Crippen molar-refractivity contribution in [3.63, 3.8) is 0 Å². The van der Waals surface area contributed by atoms with Crippen molar-refractivity contribution < 1.29 is 4.42 Å². The molecule has 0 saturated carbocycles. The summed E-state index contributed by atoms with van der Waals surface area (Å²) in [5.74, 6) is 1.58. The first-order chi connectivity index (χ1) is 27.8. The van der Waals surface area contributed by atoms with Crippen molar-refractivity contribution in [1.29, 1.82) is 0 Å². The number of fused-ring (bicyclic) bond motifs is 10. The highest BCUT2D eigenvalue weighted by Crippen LogP contribution is 2.41. The van der Waals surface area contributed by atoms with Gasteiger partial charge in [0.25, 0.3) is 0 Å². The van der Waals surface area contributed by atoms with Crippen molar-refractivity contribution in [2.45, 2.75) is 0 Å². The summed E-state index contributed by atoms with van der Waals surface area (Å²) in [6.45, 7) is 0. The Kier molecular flexibility index (Phi) is 6.53. The first kappa shape index (κ1) is 30.7. The van der Waals surface area contributed by atoms with Crippen LogP contribution in [-0.2, 0) is 0 Å². The minimum atomic E-state index is 0.789. The van der Waals surface area contributed by atoms with E-state index >= 15 is 0 Å². The van der Waals surface area contributed by atoms with E-state index in [4.69, 9.17) is 14.6 Å². The smallest absolute Gasteiger partial charge is 0.168 e. The summed E-state index contributed by atoms with van der Waals surface area (Å²) in [6, 6.07) is 66.2. The molecule has 0 fully saturated rings. The van der Waals surface area contributed by atoms with Crippen molar-refractivity contribution in [2.75, 3.05) is 0 Å². The van der Waals surface area contributed by atoms with Gasteiger partial charge in [0.15, 0.2) is 17.2 Å². The van der Waals surface area contributed by atoms with Gasteiger partial charge in [-0.05, 0) is 54.6 Å². The van der Waals surface area contributed by atoms with E-state index in [-0.39, 0.29) is 0 Å². The quantitative estimate of drug-likeness (QED) is 0.178. The van der Waals surface area contributed by atoms with Crippen LogP contribution in [0.3, 0.4) is 0 Å². The zero-order valence-corrected chi connectivity index (χ0v) is 30.0. The molecule has 0 radical (unpaired) electrons. The minimum Gasteiger partial charge on any atom is -0.454 e. The molecule has 0 bridgehead atoms. The monoisotopic (exact) mass is 717 g/mol. The molecule has 8 aromatic carbocycles. The molecule has 0 amide bonds. The van der Waals surface area contributed by atoms with Crippen molar-refractivity contribution in [2.24, 2.45) is 0 Å². The highest BCUT2D eigenvalue weighted by atomic mass is 16.3. The topological polar surface area (TPSA) is 53.7 Å². The lowest BCUT2D eigenvalue weighted by atomic mass is 10.1. The second-order valence-corrected chi connectivity index (χ2v) is 14.3. The lowest BCUT2D eigenvalue weighted by Crippen LogP contribution is -2.02. The second kappa shape index (κ2) is 11.9. The number of hydrogen-bond acceptors (Lipinski definition) is 3. The zero-order chi connectivity index (χ0) is 36.7. The molecule has 0 N–H and O–H groups in total.